The molecule has 0 rings (SSSR count). The topological polar surface area (TPSA) is 3.24 Å². The first kappa shape index (κ1) is 29.6. The van der Waals surface area contributed by atoms with Crippen LogP contribution in [-0.2, 0) is 0 Å². The molecule has 0 aromatic heterocycles. The summed E-state index contributed by atoms with van der Waals surface area (Å²) in [4.78, 5) is 2.56. The molecule has 1 nitrogen and oxygen atoms in total. The maximum Gasteiger partial charge on any atom is -0.00218 e. The van der Waals surface area contributed by atoms with E-state index in [1.807, 2.05) is 0 Å². The van der Waals surface area contributed by atoms with Gasteiger partial charge >= 0.3 is 0 Å². The summed E-state index contributed by atoms with van der Waals surface area (Å²) in [6.45, 7) is 7.23. The molecular formula is C25H54BrN. The fourth-order valence-corrected chi connectivity index (χ4v) is 3.85. The van der Waals surface area contributed by atoms with E-state index in [2.05, 4.69) is 25.8 Å². The lowest BCUT2D eigenvalue weighted by Crippen LogP contribution is -2.20. The second-order valence-corrected chi connectivity index (χ2v) is 8.67. The van der Waals surface area contributed by atoms with Crippen molar-refractivity contribution in [3.63, 3.8) is 0 Å². The van der Waals surface area contributed by atoms with Gasteiger partial charge in [0.1, 0.15) is 0 Å². The van der Waals surface area contributed by atoms with Crippen molar-refractivity contribution in [3.8, 4) is 0 Å². The molecule has 0 bridgehead atoms. The van der Waals surface area contributed by atoms with Gasteiger partial charge in [0.2, 0.25) is 0 Å². The number of nitrogens with zero attached hydrogens (tertiary/aromatic N) is 1. The molecule has 0 aromatic rings. The van der Waals surface area contributed by atoms with Gasteiger partial charge in [-0.1, -0.05) is 129 Å². The van der Waals surface area contributed by atoms with Crippen molar-refractivity contribution in [1.29, 1.82) is 0 Å². The molecule has 0 fully saturated rings. The van der Waals surface area contributed by atoms with E-state index in [9.17, 15) is 0 Å². The van der Waals surface area contributed by atoms with Gasteiger partial charge in [-0.15, -0.1) is 17.0 Å². The molecule has 0 saturated heterocycles. The summed E-state index contributed by atoms with van der Waals surface area (Å²) < 4.78 is 0. The molecule has 0 spiro atoms. The fourth-order valence-electron chi connectivity index (χ4n) is 3.85. The smallest absolute Gasteiger partial charge is 0.00218 e. The van der Waals surface area contributed by atoms with Crippen molar-refractivity contribution in [2.24, 2.45) is 0 Å². The van der Waals surface area contributed by atoms with Gasteiger partial charge in [0.15, 0.2) is 0 Å². The fraction of sp³-hybridized carbons (Fsp3) is 1.00. The Morgan fingerprint density at radius 3 is 0.852 bits per heavy atom. The second-order valence-electron chi connectivity index (χ2n) is 8.67. The Balaban J connectivity index is 0. The molecule has 0 aliphatic carbocycles. The normalized spacial score (nSPS) is 11.1. The van der Waals surface area contributed by atoms with Crippen LogP contribution in [0.2, 0.25) is 0 Å². The van der Waals surface area contributed by atoms with Crippen LogP contribution in [-0.4, -0.2) is 25.0 Å². The Labute approximate surface area is 184 Å². The summed E-state index contributed by atoms with van der Waals surface area (Å²) in [7, 11) is 2.32. The largest absolute Gasteiger partial charge is 0.306 e. The number of unbranched alkanes of at least 4 members (excludes halogenated alkanes) is 18. The van der Waals surface area contributed by atoms with Crippen molar-refractivity contribution in [2.45, 2.75) is 142 Å². The molecule has 0 N–H and O–H groups in total. The van der Waals surface area contributed by atoms with E-state index < -0.39 is 0 Å². The highest BCUT2D eigenvalue weighted by molar-refractivity contribution is 8.93. The molecule has 0 amide bonds. The van der Waals surface area contributed by atoms with Crippen LogP contribution in [0, 0.1) is 0 Å². The summed E-state index contributed by atoms with van der Waals surface area (Å²) >= 11 is 0. The van der Waals surface area contributed by atoms with Crippen molar-refractivity contribution in [1.82, 2.24) is 4.90 Å². The third kappa shape index (κ3) is 26.4. The van der Waals surface area contributed by atoms with Gasteiger partial charge in [0.25, 0.3) is 0 Å². The van der Waals surface area contributed by atoms with E-state index in [1.54, 1.807) is 0 Å². The number of hydrogen-bond donors (Lipinski definition) is 0. The highest BCUT2D eigenvalue weighted by atomic mass is 79.9. The molecule has 0 atom stereocenters. The van der Waals surface area contributed by atoms with Crippen LogP contribution >= 0.6 is 17.0 Å². The van der Waals surface area contributed by atoms with Crippen molar-refractivity contribution in [2.75, 3.05) is 20.1 Å². The lowest BCUT2D eigenvalue weighted by molar-refractivity contribution is 0.314. The maximum atomic E-state index is 2.56. The van der Waals surface area contributed by atoms with Crippen molar-refractivity contribution in [3.05, 3.63) is 0 Å². The molecule has 0 aliphatic rings. The Morgan fingerprint density at radius 2 is 0.593 bits per heavy atom. The predicted octanol–water partition coefficient (Wildman–Crippen LogP) is 9.34. The predicted molar refractivity (Wildman–Crippen MR) is 132 cm³/mol. The Bertz CT molecular complexity index is 220. The summed E-state index contributed by atoms with van der Waals surface area (Å²) in [5, 5.41) is 0. The minimum Gasteiger partial charge on any atom is -0.306 e. The lowest BCUT2D eigenvalue weighted by atomic mass is 10.1. The first-order valence-electron chi connectivity index (χ1n) is 12.5. The summed E-state index contributed by atoms with van der Waals surface area (Å²) in [6, 6.07) is 0. The highest BCUT2D eigenvalue weighted by Gasteiger charge is 1.99. The van der Waals surface area contributed by atoms with Gasteiger partial charge < -0.3 is 4.90 Å². The van der Waals surface area contributed by atoms with Gasteiger partial charge in [-0.25, -0.2) is 0 Å². The van der Waals surface area contributed by atoms with E-state index in [4.69, 9.17) is 0 Å². The van der Waals surface area contributed by atoms with Crippen LogP contribution in [0.1, 0.15) is 142 Å². The Hall–Kier alpha value is 0.440. The SMILES string of the molecule is Br.CCCCCCCCCCCCN(C)CCCCCCCCCCCC. The summed E-state index contributed by atoms with van der Waals surface area (Å²) in [6.07, 6.45) is 28.9. The van der Waals surface area contributed by atoms with Gasteiger partial charge in [-0.05, 0) is 33.0 Å². The first-order chi connectivity index (χ1) is 12.8. The first-order valence-corrected chi connectivity index (χ1v) is 12.5. The Kier molecular flexibility index (Phi) is 29.0. The maximum absolute atomic E-state index is 2.56. The standard InChI is InChI=1S/C25H53N.BrH/c1-4-6-8-10-12-14-16-18-20-22-24-26(3)25-23-21-19-17-15-13-11-9-7-5-2;/h4-25H2,1-3H3;1H. The molecule has 166 valence electrons. The van der Waals surface area contributed by atoms with Gasteiger partial charge in [-0.2, -0.15) is 0 Å². The van der Waals surface area contributed by atoms with Crippen LogP contribution in [0.15, 0.2) is 0 Å². The van der Waals surface area contributed by atoms with E-state index >= 15 is 0 Å². The third-order valence-electron chi connectivity index (χ3n) is 5.79. The zero-order valence-corrected chi connectivity index (χ0v) is 21.1. The monoisotopic (exact) mass is 447 g/mol. The van der Waals surface area contributed by atoms with E-state index in [1.165, 1.54) is 142 Å². The molecule has 0 aromatic carbocycles. The quantitative estimate of drug-likeness (QED) is 0.149. The van der Waals surface area contributed by atoms with Crippen LogP contribution in [0.4, 0.5) is 0 Å². The number of halogens is 1. The summed E-state index contributed by atoms with van der Waals surface area (Å²) in [5.74, 6) is 0. The molecule has 27 heavy (non-hydrogen) atoms. The molecule has 0 aliphatic heterocycles. The number of hydrogen-bond acceptors (Lipinski definition) is 1. The third-order valence-corrected chi connectivity index (χ3v) is 5.79. The molecule has 0 saturated carbocycles. The van der Waals surface area contributed by atoms with Gasteiger partial charge in [0.05, 0.1) is 0 Å². The van der Waals surface area contributed by atoms with Gasteiger partial charge in [0, 0.05) is 0 Å². The zero-order chi connectivity index (χ0) is 19.1. The van der Waals surface area contributed by atoms with Crippen LogP contribution < -0.4 is 0 Å². The molecule has 0 unspecified atom stereocenters. The van der Waals surface area contributed by atoms with Crippen LogP contribution in [0.5, 0.6) is 0 Å². The molecular weight excluding hydrogens is 394 g/mol. The summed E-state index contributed by atoms with van der Waals surface area (Å²) in [5.41, 5.74) is 0. The van der Waals surface area contributed by atoms with E-state index in [-0.39, 0.29) is 17.0 Å². The average Bonchev–Trinajstić information content (AvgIpc) is 2.64. The van der Waals surface area contributed by atoms with Crippen molar-refractivity contribution < 1.29 is 0 Å². The molecule has 2 heteroatoms. The minimum atomic E-state index is 0. The average molecular weight is 449 g/mol. The molecule has 0 radical (unpaired) electrons. The molecule has 0 heterocycles. The minimum absolute atomic E-state index is 0. The van der Waals surface area contributed by atoms with Crippen molar-refractivity contribution >= 4 is 17.0 Å². The lowest BCUT2D eigenvalue weighted by Gasteiger charge is -2.16. The second kappa shape index (κ2) is 26.4. The van der Waals surface area contributed by atoms with Gasteiger partial charge in [-0.3, -0.25) is 0 Å². The number of rotatable bonds is 22. The van der Waals surface area contributed by atoms with E-state index in [0.717, 1.165) is 0 Å². The highest BCUT2D eigenvalue weighted by Crippen LogP contribution is 2.12. The van der Waals surface area contributed by atoms with Crippen LogP contribution in [0.25, 0.3) is 0 Å². The Morgan fingerprint density at radius 1 is 0.370 bits per heavy atom. The zero-order valence-electron chi connectivity index (χ0n) is 19.4. The van der Waals surface area contributed by atoms with E-state index in [0.29, 0.717) is 0 Å². The van der Waals surface area contributed by atoms with Crippen LogP contribution in [0.3, 0.4) is 0 Å².